The van der Waals surface area contributed by atoms with Crippen LogP contribution in [0.1, 0.15) is 22.8 Å². The summed E-state index contributed by atoms with van der Waals surface area (Å²) in [4.78, 5) is 11.7. The molecule has 0 radical (unpaired) electrons. The smallest absolute Gasteiger partial charge is 0.356 e. The Balaban J connectivity index is 3.10. The highest BCUT2D eigenvalue weighted by Gasteiger charge is 2.35. The number of hydrogen-bond acceptors (Lipinski definition) is 3. The van der Waals surface area contributed by atoms with Crippen molar-refractivity contribution in [3.63, 3.8) is 0 Å². The van der Waals surface area contributed by atoms with Crippen LogP contribution in [0, 0.1) is 0 Å². The fraction of sp³-hybridized carbons (Fsp3) is 0.364. The minimum absolute atomic E-state index is 0.154. The molecule has 2 N–H and O–H groups in total. The molecule has 1 rings (SSSR count). The number of nitrogens with two attached hydrogens (primary N) is 1. The summed E-state index contributed by atoms with van der Waals surface area (Å²) in [5, 5.41) is 0. The Bertz CT molecular complexity index is 404. The molecule has 0 saturated carbocycles. The summed E-state index contributed by atoms with van der Waals surface area (Å²) < 4.78 is 42.7. The second-order valence-corrected chi connectivity index (χ2v) is 3.28. The quantitative estimate of drug-likeness (QED) is 0.655. The number of alkyl halides is 3. The third-order valence-corrected chi connectivity index (χ3v) is 2.10. The third kappa shape index (κ3) is 3.28. The van der Waals surface area contributed by atoms with E-state index in [0.29, 0.717) is 0 Å². The van der Waals surface area contributed by atoms with Crippen molar-refractivity contribution >= 4 is 5.78 Å². The molecule has 0 spiro atoms. The van der Waals surface area contributed by atoms with Crippen molar-refractivity contribution in [3.8, 4) is 0 Å². The van der Waals surface area contributed by atoms with Crippen LogP contribution in [0.25, 0.3) is 0 Å². The van der Waals surface area contributed by atoms with Crippen molar-refractivity contribution in [3.05, 3.63) is 35.4 Å². The predicted octanol–water partition coefficient (Wildman–Crippen LogP) is 2.21. The number of hydrogen-bond donors (Lipinski definition) is 1. The molecule has 0 bridgehead atoms. The Kier molecular flexibility index (Phi) is 4.25. The van der Waals surface area contributed by atoms with E-state index in [1.807, 2.05) is 0 Å². The van der Waals surface area contributed by atoms with E-state index in [2.05, 4.69) is 0 Å². The summed E-state index contributed by atoms with van der Waals surface area (Å²) in [5.74, 6) is -0.875. The lowest BCUT2D eigenvalue weighted by molar-refractivity contribution is -0.138. The van der Waals surface area contributed by atoms with Gasteiger partial charge in [-0.15, -0.1) is 0 Å². The van der Waals surface area contributed by atoms with Crippen LogP contribution in [-0.4, -0.2) is 18.6 Å². The molecule has 0 aromatic heterocycles. The second kappa shape index (κ2) is 5.29. The summed E-state index contributed by atoms with van der Waals surface area (Å²) >= 11 is 0. The van der Waals surface area contributed by atoms with Gasteiger partial charge >= 0.3 is 6.18 Å². The largest absolute Gasteiger partial charge is 0.417 e. The zero-order valence-corrected chi connectivity index (χ0v) is 9.12. The van der Waals surface area contributed by atoms with Crippen LogP contribution < -0.4 is 5.73 Å². The normalized spacial score (nSPS) is 13.5. The van der Waals surface area contributed by atoms with Gasteiger partial charge in [-0.3, -0.25) is 10.5 Å². The number of carbonyl (C=O) groups is 1. The zero-order chi connectivity index (χ0) is 13.1. The molecule has 1 aromatic carbocycles. The Hall–Kier alpha value is -1.40. The number of ketones is 1. The van der Waals surface area contributed by atoms with E-state index in [1.165, 1.54) is 12.1 Å². The summed E-state index contributed by atoms with van der Waals surface area (Å²) in [6.45, 7) is 1.75. The van der Waals surface area contributed by atoms with Crippen LogP contribution in [0.5, 0.6) is 0 Å². The summed E-state index contributed by atoms with van der Waals surface area (Å²) in [7, 11) is 0. The predicted molar refractivity (Wildman–Crippen MR) is 55.4 cm³/mol. The monoisotopic (exact) mass is 247 g/mol. The van der Waals surface area contributed by atoms with E-state index >= 15 is 0 Å². The number of rotatable bonds is 4. The lowest BCUT2D eigenvalue weighted by atomic mass is 10.0. The third-order valence-electron chi connectivity index (χ3n) is 2.10. The van der Waals surface area contributed by atoms with Crippen molar-refractivity contribution in [2.75, 3.05) is 6.61 Å². The first-order valence-electron chi connectivity index (χ1n) is 4.95. The molecule has 94 valence electrons. The number of halogens is 3. The van der Waals surface area contributed by atoms with Crippen molar-refractivity contribution in [1.82, 2.24) is 0 Å². The van der Waals surface area contributed by atoms with E-state index in [-0.39, 0.29) is 6.61 Å². The average Bonchev–Trinajstić information content (AvgIpc) is 2.27. The maximum Gasteiger partial charge on any atom is 0.417 e. The maximum absolute atomic E-state index is 12.6. The molecule has 0 fully saturated rings. The molecule has 0 heterocycles. The van der Waals surface area contributed by atoms with Crippen LogP contribution in [0.4, 0.5) is 13.2 Å². The Morgan fingerprint density at radius 1 is 1.41 bits per heavy atom. The topological polar surface area (TPSA) is 52.3 Å². The highest BCUT2D eigenvalue weighted by atomic mass is 19.4. The summed E-state index contributed by atoms with van der Waals surface area (Å²) in [6, 6.07) is 4.49. The molecule has 17 heavy (non-hydrogen) atoms. The van der Waals surface area contributed by atoms with Crippen LogP contribution >= 0.6 is 0 Å². The fourth-order valence-electron chi connectivity index (χ4n) is 1.35. The van der Waals surface area contributed by atoms with Gasteiger partial charge in [0.15, 0.2) is 6.23 Å². The standard InChI is InChI=1S/C11H12F3NO2/c1-2-17-10(15)9(16)7-5-3-4-6-8(7)11(12,13)14/h3-6,10H,2,15H2,1H3. The minimum Gasteiger partial charge on any atom is -0.356 e. The molecular weight excluding hydrogens is 235 g/mol. The van der Waals surface area contributed by atoms with Gasteiger partial charge in [0.1, 0.15) is 0 Å². The minimum atomic E-state index is -4.59. The van der Waals surface area contributed by atoms with Gasteiger partial charge in [-0.25, -0.2) is 0 Å². The van der Waals surface area contributed by atoms with E-state index in [0.717, 1.165) is 12.1 Å². The van der Waals surface area contributed by atoms with Gasteiger partial charge in [0, 0.05) is 12.2 Å². The first kappa shape index (κ1) is 13.7. The lowest BCUT2D eigenvalue weighted by Crippen LogP contribution is -2.34. The molecule has 0 saturated heterocycles. The molecule has 3 nitrogen and oxygen atoms in total. The van der Waals surface area contributed by atoms with Crippen LogP contribution in [0.3, 0.4) is 0 Å². The van der Waals surface area contributed by atoms with Gasteiger partial charge in [0.05, 0.1) is 5.56 Å². The first-order valence-corrected chi connectivity index (χ1v) is 4.95. The molecule has 0 amide bonds. The Labute approximate surface area is 96.4 Å². The second-order valence-electron chi connectivity index (χ2n) is 3.28. The van der Waals surface area contributed by atoms with Crippen LogP contribution in [0.15, 0.2) is 24.3 Å². The van der Waals surface area contributed by atoms with Gasteiger partial charge in [-0.05, 0) is 13.0 Å². The highest BCUT2D eigenvalue weighted by Crippen LogP contribution is 2.32. The molecule has 6 heteroatoms. The summed E-state index contributed by atoms with van der Waals surface area (Å²) in [5.41, 5.74) is 3.86. The first-order chi connectivity index (χ1) is 7.88. The van der Waals surface area contributed by atoms with Gasteiger partial charge in [0.25, 0.3) is 0 Å². The molecule has 0 aliphatic rings. The fourth-order valence-corrected chi connectivity index (χ4v) is 1.35. The van der Waals surface area contributed by atoms with Crippen molar-refractivity contribution in [2.24, 2.45) is 5.73 Å². The average molecular weight is 247 g/mol. The maximum atomic E-state index is 12.6. The van der Waals surface area contributed by atoms with E-state index < -0.39 is 29.3 Å². The number of benzene rings is 1. The Morgan fingerprint density at radius 3 is 2.53 bits per heavy atom. The number of Topliss-reactive ketones (excluding diaryl/α,β-unsaturated/α-hetero) is 1. The number of carbonyl (C=O) groups excluding carboxylic acids is 1. The van der Waals surface area contributed by atoms with Gasteiger partial charge < -0.3 is 4.74 Å². The van der Waals surface area contributed by atoms with E-state index in [9.17, 15) is 18.0 Å². The van der Waals surface area contributed by atoms with Crippen molar-refractivity contribution in [2.45, 2.75) is 19.3 Å². The van der Waals surface area contributed by atoms with Crippen LogP contribution in [0.2, 0.25) is 0 Å². The molecular formula is C11H12F3NO2. The molecule has 1 unspecified atom stereocenters. The molecule has 1 atom stereocenters. The molecule has 0 aliphatic heterocycles. The number of ether oxygens (including phenoxy) is 1. The van der Waals surface area contributed by atoms with Crippen LogP contribution in [-0.2, 0) is 10.9 Å². The van der Waals surface area contributed by atoms with E-state index in [4.69, 9.17) is 10.5 Å². The van der Waals surface area contributed by atoms with Crippen molar-refractivity contribution < 1.29 is 22.7 Å². The summed E-state index contributed by atoms with van der Waals surface area (Å²) in [6.07, 6.45) is -5.96. The van der Waals surface area contributed by atoms with Crippen molar-refractivity contribution in [1.29, 1.82) is 0 Å². The molecule has 1 aromatic rings. The molecule has 0 aliphatic carbocycles. The SMILES string of the molecule is CCOC(N)C(=O)c1ccccc1C(F)(F)F. The Morgan fingerprint density at radius 2 is 2.00 bits per heavy atom. The van der Waals surface area contributed by atoms with Gasteiger partial charge in [-0.2, -0.15) is 13.2 Å². The zero-order valence-electron chi connectivity index (χ0n) is 9.12. The van der Waals surface area contributed by atoms with Gasteiger partial charge in [0.2, 0.25) is 5.78 Å². The van der Waals surface area contributed by atoms with E-state index in [1.54, 1.807) is 6.92 Å². The van der Waals surface area contributed by atoms with Gasteiger partial charge in [-0.1, -0.05) is 18.2 Å². The lowest BCUT2D eigenvalue weighted by Gasteiger charge is -2.15. The highest BCUT2D eigenvalue weighted by molar-refractivity contribution is 6.00.